The molecule has 0 amide bonds. The standard InChI is InChI=1S/C20H24F2O/c1-4-6-17-7-11-18(12-8-17)15(3)23-20(21,22)19-13-9-16(5-2)10-14-19/h7-15H,4-6H2,1-3H3. The molecule has 2 rings (SSSR count). The highest BCUT2D eigenvalue weighted by molar-refractivity contribution is 5.26. The molecule has 0 heterocycles. The third-order valence-corrected chi connectivity index (χ3v) is 4.01. The van der Waals surface area contributed by atoms with Gasteiger partial charge >= 0.3 is 6.11 Å². The van der Waals surface area contributed by atoms with Gasteiger partial charge in [0.2, 0.25) is 0 Å². The van der Waals surface area contributed by atoms with E-state index in [1.807, 2.05) is 31.2 Å². The van der Waals surface area contributed by atoms with E-state index in [0.29, 0.717) is 0 Å². The van der Waals surface area contributed by atoms with Crippen LogP contribution in [0.4, 0.5) is 8.78 Å². The van der Waals surface area contributed by atoms with E-state index in [1.54, 1.807) is 19.1 Å². The van der Waals surface area contributed by atoms with E-state index in [0.717, 1.165) is 30.4 Å². The molecule has 0 saturated carbocycles. The second kappa shape index (κ2) is 7.69. The molecular formula is C20H24F2O. The van der Waals surface area contributed by atoms with Crippen LogP contribution < -0.4 is 0 Å². The second-order valence-electron chi connectivity index (χ2n) is 5.82. The minimum absolute atomic E-state index is 0.107. The highest BCUT2D eigenvalue weighted by Crippen LogP contribution is 2.35. The first-order valence-corrected chi connectivity index (χ1v) is 8.20. The maximum atomic E-state index is 14.3. The van der Waals surface area contributed by atoms with Crippen LogP contribution in [0.2, 0.25) is 0 Å². The number of rotatable bonds is 7. The number of ether oxygens (including phenoxy) is 1. The molecule has 0 spiro atoms. The number of aryl methyl sites for hydroxylation is 2. The molecule has 3 heteroatoms. The van der Waals surface area contributed by atoms with Crippen LogP contribution in [-0.2, 0) is 23.7 Å². The fraction of sp³-hybridized carbons (Fsp3) is 0.400. The van der Waals surface area contributed by atoms with Crippen LogP contribution in [-0.4, -0.2) is 0 Å². The van der Waals surface area contributed by atoms with Gasteiger partial charge < -0.3 is 4.74 Å². The summed E-state index contributed by atoms with van der Waals surface area (Å²) in [6, 6.07) is 14.0. The summed E-state index contributed by atoms with van der Waals surface area (Å²) in [6.07, 6.45) is -1.08. The van der Waals surface area contributed by atoms with Crippen molar-refractivity contribution in [2.24, 2.45) is 0 Å². The summed E-state index contributed by atoms with van der Waals surface area (Å²) in [5.41, 5.74) is 2.90. The van der Waals surface area contributed by atoms with Crippen LogP contribution in [0.3, 0.4) is 0 Å². The largest absolute Gasteiger partial charge is 0.383 e. The van der Waals surface area contributed by atoms with Crippen molar-refractivity contribution in [1.29, 1.82) is 0 Å². The van der Waals surface area contributed by atoms with Gasteiger partial charge in [0.1, 0.15) is 0 Å². The van der Waals surface area contributed by atoms with Crippen molar-refractivity contribution in [3.63, 3.8) is 0 Å². The average Bonchev–Trinajstić information content (AvgIpc) is 2.55. The van der Waals surface area contributed by atoms with Crippen LogP contribution in [0.1, 0.15) is 55.5 Å². The molecule has 0 aliphatic carbocycles. The lowest BCUT2D eigenvalue weighted by Crippen LogP contribution is -2.20. The van der Waals surface area contributed by atoms with Crippen molar-refractivity contribution >= 4 is 0 Å². The first-order chi connectivity index (χ1) is 11.0. The number of halogens is 2. The number of hydrogen-bond acceptors (Lipinski definition) is 1. The molecule has 0 N–H and O–H groups in total. The Kier molecular flexibility index (Phi) is 5.89. The summed E-state index contributed by atoms with van der Waals surface area (Å²) in [7, 11) is 0. The molecule has 0 saturated heterocycles. The molecule has 0 aliphatic rings. The average molecular weight is 318 g/mol. The van der Waals surface area contributed by atoms with Gasteiger partial charge in [-0.3, -0.25) is 0 Å². The maximum absolute atomic E-state index is 14.3. The Hall–Kier alpha value is -1.74. The molecule has 0 aromatic heterocycles. The maximum Gasteiger partial charge on any atom is 0.383 e. The SMILES string of the molecule is CCCc1ccc(C(C)OC(F)(F)c2ccc(CC)cc2)cc1. The molecule has 23 heavy (non-hydrogen) atoms. The van der Waals surface area contributed by atoms with Crippen LogP contribution in [0.25, 0.3) is 0 Å². The predicted octanol–water partition coefficient (Wildman–Crippen LogP) is 6.03. The summed E-state index contributed by atoms with van der Waals surface area (Å²) in [5.74, 6) is 0. The predicted molar refractivity (Wildman–Crippen MR) is 89.7 cm³/mol. The van der Waals surface area contributed by atoms with Gasteiger partial charge in [0, 0.05) is 0 Å². The van der Waals surface area contributed by atoms with Gasteiger partial charge in [-0.1, -0.05) is 68.8 Å². The van der Waals surface area contributed by atoms with Gasteiger partial charge in [-0.05, 0) is 36.5 Å². The Bertz CT molecular complexity index is 603. The molecule has 2 aromatic carbocycles. The molecule has 1 unspecified atom stereocenters. The lowest BCUT2D eigenvalue weighted by atomic mass is 10.0. The van der Waals surface area contributed by atoms with E-state index in [9.17, 15) is 8.78 Å². The minimum atomic E-state index is -3.30. The normalized spacial score (nSPS) is 13.1. The molecular weight excluding hydrogens is 294 g/mol. The van der Waals surface area contributed by atoms with Gasteiger partial charge in [-0.25, -0.2) is 0 Å². The van der Waals surface area contributed by atoms with E-state index in [2.05, 4.69) is 6.92 Å². The van der Waals surface area contributed by atoms with Gasteiger partial charge in [0.15, 0.2) is 0 Å². The number of alkyl halides is 2. The van der Waals surface area contributed by atoms with Crippen molar-refractivity contribution in [2.45, 2.75) is 52.2 Å². The summed E-state index contributed by atoms with van der Waals surface area (Å²) >= 11 is 0. The van der Waals surface area contributed by atoms with Gasteiger partial charge in [-0.2, -0.15) is 8.78 Å². The van der Waals surface area contributed by atoms with Crippen molar-refractivity contribution < 1.29 is 13.5 Å². The van der Waals surface area contributed by atoms with E-state index in [1.165, 1.54) is 17.7 Å². The highest BCUT2D eigenvalue weighted by atomic mass is 19.3. The molecule has 0 aliphatic heterocycles. The monoisotopic (exact) mass is 318 g/mol. The van der Waals surface area contributed by atoms with Crippen molar-refractivity contribution in [3.8, 4) is 0 Å². The molecule has 0 fully saturated rings. The Balaban J connectivity index is 2.08. The van der Waals surface area contributed by atoms with Crippen LogP contribution in [0.15, 0.2) is 48.5 Å². The minimum Gasteiger partial charge on any atom is -0.309 e. The summed E-state index contributed by atoms with van der Waals surface area (Å²) in [4.78, 5) is 0. The van der Waals surface area contributed by atoms with Crippen molar-refractivity contribution in [2.75, 3.05) is 0 Å². The molecule has 0 bridgehead atoms. The zero-order valence-corrected chi connectivity index (χ0v) is 14.0. The van der Waals surface area contributed by atoms with Crippen molar-refractivity contribution in [1.82, 2.24) is 0 Å². The lowest BCUT2D eigenvalue weighted by Gasteiger charge is -2.22. The Morgan fingerprint density at radius 3 is 2.00 bits per heavy atom. The first kappa shape index (κ1) is 17.6. The Labute approximate surface area is 137 Å². The number of benzene rings is 2. The van der Waals surface area contributed by atoms with Gasteiger partial charge in [0.25, 0.3) is 0 Å². The first-order valence-electron chi connectivity index (χ1n) is 8.20. The smallest absolute Gasteiger partial charge is 0.309 e. The fourth-order valence-corrected chi connectivity index (χ4v) is 2.54. The zero-order chi connectivity index (χ0) is 16.9. The van der Waals surface area contributed by atoms with E-state index in [-0.39, 0.29) is 5.56 Å². The van der Waals surface area contributed by atoms with Crippen molar-refractivity contribution in [3.05, 3.63) is 70.8 Å². The Morgan fingerprint density at radius 1 is 0.913 bits per heavy atom. The fourth-order valence-electron chi connectivity index (χ4n) is 2.54. The molecule has 1 atom stereocenters. The van der Waals surface area contributed by atoms with Gasteiger partial charge in [0.05, 0.1) is 11.7 Å². The van der Waals surface area contributed by atoms with Gasteiger partial charge in [-0.15, -0.1) is 0 Å². The van der Waals surface area contributed by atoms with E-state index < -0.39 is 12.2 Å². The third-order valence-electron chi connectivity index (χ3n) is 4.01. The molecule has 0 radical (unpaired) electrons. The lowest BCUT2D eigenvalue weighted by molar-refractivity contribution is -0.272. The highest BCUT2D eigenvalue weighted by Gasteiger charge is 2.35. The quantitative estimate of drug-likeness (QED) is 0.606. The van der Waals surface area contributed by atoms with Crippen LogP contribution in [0, 0.1) is 0 Å². The summed E-state index contributed by atoms with van der Waals surface area (Å²) < 4.78 is 33.7. The molecule has 124 valence electrons. The van der Waals surface area contributed by atoms with Crippen LogP contribution in [0.5, 0.6) is 0 Å². The number of hydrogen-bond donors (Lipinski definition) is 0. The molecule has 1 nitrogen and oxygen atoms in total. The topological polar surface area (TPSA) is 9.23 Å². The molecule has 2 aromatic rings. The van der Waals surface area contributed by atoms with E-state index >= 15 is 0 Å². The second-order valence-corrected chi connectivity index (χ2v) is 5.82. The van der Waals surface area contributed by atoms with E-state index in [4.69, 9.17) is 4.74 Å². The van der Waals surface area contributed by atoms with Crippen LogP contribution >= 0.6 is 0 Å². The summed E-state index contributed by atoms with van der Waals surface area (Å²) in [6.45, 7) is 5.76. The summed E-state index contributed by atoms with van der Waals surface area (Å²) in [5, 5.41) is 0. The third kappa shape index (κ3) is 4.61. The Morgan fingerprint density at radius 2 is 1.48 bits per heavy atom. The zero-order valence-electron chi connectivity index (χ0n) is 14.0.